The average molecular weight is 441 g/mol. The van der Waals surface area contributed by atoms with Crippen LogP contribution in [0.15, 0.2) is 85.2 Å². The molecule has 0 bridgehead atoms. The zero-order valence-corrected chi connectivity index (χ0v) is 18.8. The zero-order valence-electron chi connectivity index (χ0n) is 17.9. The topological polar surface area (TPSA) is 53.3 Å². The number of hydrogen-bond acceptors (Lipinski definition) is 3. The van der Waals surface area contributed by atoms with Crippen molar-refractivity contribution in [3.63, 3.8) is 0 Å². The lowest BCUT2D eigenvalue weighted by atomic mass is 10.0. The van der Waals surface area contributed by atoms with Crippen LogP contribution >= 0.6 is 12.2 Å². The molecule has 32 heavy (non-hydrogen) atoms. The largest absolute Gasteiger partial charge is 0.506 e. The highest BCUT2D eigenvalue weighted by molar-refractivity contribution is 7.80. The maximum atomic E-state index is 10.7. The number of pyridine rings is 1. The van der Waals surface area contributed by atoms with Crippen molar-refractivity contribution in [2.24, 2.45) is 0 Å². The Morgan fingerprint density at radius 3 is 2.50 bits per heavy atom. The van der Waals surface area contributed by atoms with Gasteiger partial charge in [0.1, 0.15) is 11.8 Å². The summed E-state index contributed by atoms with van der Waals surface area (Å²) < 4.78 is 2.19. The van der Waals surface area contributed by atoms with Crippen LogP contribution in [-0.4, -0.2) is 19.8 Å². The summed E-state index contributed by atoms with van der Waals surface area (Å²) in [4.78, 5) is 6.61. The average Bonchev–Trinajstić information content (AvgIpc) is 3.41. The summed E-state index contributed by atoms with van der Waals surface area (Å²) in [5, 5.41) is 14.7. The van der Waals surface area contributed by atoms with Crippen molar-refractivity contribution in [3.05, 3.63) is 108 Å². The number of aromatic nitrogens is 2. The number of nitrogens with zero attached hydrogens (tertiary/aromatic N) is 3. The quantitative estimate of drug-likeness (QED) is 0.418. The van der Waals surface area contributed by atoms with E-state index in [0.29, 0.717) is 10.8 Å². The Balaban J connectivity index is 1.69. The van der Waals surface area contributed by atoms with E-state index >= 15 is 0 Å². The lowest BCUT2D eigenvalue weighted by Crippen LogP contribution is -2.30. The molecule has 2 aromatic carbocycles. The molecule has 0 radical (unpaired) electrons. The SMILES string of the molecule is Cc1ccc(-n2cccc2[C@H]2[C@H](c3ccccn3)NC(=S)N2c2ccccc2O)cc1C. The van der Waals surface area contributed by atoms with Crippen LogP contribution < -0.4 is 10.2 Å². The van der Waals surface area contributed by atoms with Crippen molar-refractivity contribution in [1.29, 1.82) is 0 Å². The Labute approximate surface area is 193 Å². The molecule has 5 rings (SSSR count). The summed E-state index contributed by atoms with van der Waals surface area (Å²) in [6, 6.07) is 23.4. The lowest BCUT2D eigenvalue weighted by Gasteiger charge is -2.29. The molecule has 6 heteroatoms. The van der Waals surface area contributed by atoms with Crippen LogP contribution in [0.1, 0.15) is 34.6 Å². The van der Waals surface area contributed by atoms with E-state index in [0.717, 1.165) is 17.1 Å². The molecule has 0 unspecified atom stereocenters. The third-order valence-corrected chi connectivity index (χ3v) is 6.41. The van der Waals surface area contributed by atoms with Crippen molar-refractivity contribution in [3.8, 4) is 11.4 Å². The fourth-order valence-electron chi connectivity index (χ4n) is 4.33. The fourth-order valence-corrected chi connectivity index (χ4v) is 4.67. The molecule has 5 nitrogen and oxygen atoms in total. The Morgan fingerprint density at radius 2 is 1.75 bits per heavy atom. The summed E-state index contributed by atoms with van der Waals surface area (Å²) in [7, 11) is 0. The molecule has 2 N–H and O–H groups in total. The number of aromatic hydroxyl groups is 1. The van der Waals surface area contributed by atoms with Gasteiger partial charge in [0.25, 0.3) is 0 Å². The molecule has 1 saturated heterocycles. The minimum absolute atomic E-state index is 0.177. The Morgan fingerprint density at radius 1 is 0.938 bits per heavy atom. The standard InChI is InChI=1S/C26H24N4OS/c1-17-12-13-19(16-18(17)2)29-15-7-10-22(29)25-24(20-8-5-6-14-27-20)28-26(32)30(25)21-9-3-4-11-23(21)31/h3-16,24-25,31H,1-2H3,(H,28,32)/t24-,25-/m0/s1. The molecule has 1 fully saturated rings. The van der Waals surface area contributed by atoms with Crippen LogP contribution in [0.2, 0.25) is 0 Å². The smallest absolute Gasteiger partial charge is 0.174 e. The first-order valence-corrected chi connectivity index (χ1v) is 11.0. The summed E-state index contributed by atoms with van der Waals surface area (Å²) >= 11 is 5.77. The number of rotatable bonds is 4. The lowest BCUT2D eigenvalue weighted by molar-refractivity contribution is 0.472. The van der Waals surface area contributed by atoms with Crippen LogP contribution in [0.25, 0.3) is 5.69 Å². The molecule has 0 spiro atoms. The van der Waals surface area contributed by atoms with Gasteiger partial charge in [-0.25, -0.2) is 0 Å². The van der Waals surface area contributed by atoms with Crippen LogP contribution in [0.4, 0.5) is 5.69 Å². The predicted molar refractivity (Wildman–Crippen MR) is 131 cm³/mol. The molecule has 2 aromatic heterocycles. The first-order valence-electron chi connectivity index (χ1n) is 10.6. The zero-order chi connectivity index (χ0) is 22.2. The van der Waals surface area contributed by atoms with Gasteiger partial charge in [-0.3, -0.25) is 4.98 Å². The normalized spacial score (nSPS) is 18.1. The number of benzene rings is 2. The fraction of sp³-hybridized carbons (Fsp3) is 0.154. The van der Waals surface area contributed by atoms with E-state index in [-0.39, 0.29) is 17.8 Å². The van der Waals surface area contributed by atoms with Gasteiger partial charge in [-0.15, -0.1) is 0 Å². The highest BCUT2D eigenvalue weighted by Gasteiger charge is 2.42. The van der Waals surface area contributed by atoms with Gasteiger partial charge in [0.05, 0.1) is 17.4 Å². The monoisotopic (exact) mass is 440 g/mol. The number of thiocarbonyl (C=S) groups is 1. The van der Waals surface area contributed by atoms with Gasteiger partial charge in [-0.05, 0) is 85.7 Å². The minimum Gasteiger partial charge on any atom is -0.506 e. The molecule has 1 aliphatic heterocycles. The van der Waals surface area contributed by atoms with E-state index < -0.39 is 0 Å². The number of aryl methyl sites for hydroxylation is 2. The number of nitrogens with one attached hydrogen (secondary N) is 1. The number of anilines is 1. The molecule has 0 aliphatic carbocycles. The van der Waals surface area contributed by atoms with E-state index in [2.05, 4.69) is 59.2 Å². The van der Waals surface area contributed by atoms with Crippen molar-refractivity contribution in [1.82, 2.24) is 14.9 Å². The molecular weight excluding hydrogens is 416 g/mol. The Kier molecular flexibility index (Phi) is 5.15. The van der Waals surface area contributed by atoms with Crippen molar-refractivity contribution >= 4 is 23.0 Å². The van der Waals surface area contributed by atoms with Crippen LogP contribution in [0.3, 0.4) is 0 Å². The highest BCUT2D eigenvalue weighted by Crippen LogP contribution is 2.44. The second kappa shape index (κ2) is 8.13. The Hall–Kier alpha value is -3.64. The molecule has 1 aliphatic rings. The third kappa shape index (κ3) is 3.42. The van der Waals surface area contributed by atoms with Crippen molar-refractivity contribution < 1.29 is 5.11 Å². The first kappa shape index (κ1) is 20.3. The van der Waals surface area contributed by atoms with E-state index in [4.69, 9.17) is 12.2 Å². The van der Waals surface area contributed by atoms with Crippen LogP contribution in [0, 0.1) is 13.8 Å². The van der Waals surface area contributed by atoms with Gasteiger partial charge in [-0.1, -0.05) is 24.3 Å². The van der Waals surface area contributed by atoms with Crippen LogP contribution in [0.5, 0.6) is 5.75 Å². The van der Waals surface area contributed by atoms with E-state index in [1.54, 1.807) is 12.3 Å². The van der Waals surface area contributed by atoms with Gasteiger partial charge in [-0.2, -0.15) is 0 Å². The predicted octanol–water partition coefficient (Wildman–Crippen LogP) is 5.37. The number of phenols is 1. The summed E-state index contributed by atoms with van der Waals surface area (Å²) in [6.45, 7) is 4.24. The summed E-state index contributed by atoms with van der Waals surface area (Å²) in [5.41, 5.74) is 6.20. The van der Waals surface area contributed by atoms with Crippen LogP contribution in [-0.2, 0) is 0 Å². The molecule has 4 aromatic rings. The van der Waals surface area contributed by atoms with E-state index in [1.807, 2.05) is 47.4 Å². The van der Waals surface area contributed by atoms with E-state index in [1.165, 1.54) is 11.1 Å². The molecule has 0 saturated carbocycles. The summed E-state index contributed by atoms with van der Waals surface area (Å²) in [6.07, 6.45) is 3.86. The number of para-hydroxylation sites is 2. The van der Waals surface area contributed by atoms with Gasteiger partial charge in [0.2, 0.25) is 0 Å². The van der Waals surface area contributed by atoms with Crippen molar-refractivity contribution in [2.45, 2.75) is 25.9 Å². The van der Waals surface area contributed by atoms with Gasteiger partial charge in [0.15, 0.2) is 5.11 Å². The first-order chi connectivity index (χ1) is 15.5. The van der Waals surface area contributed by atoms with Gasteiger partial charge >= 0.3 is 0 Å². The van der Waals surface area contributed by atoms with Gasteiger partial charge in [0, 0.05) is 23.8 Å². The highest BCUT2D eigenvalue weighted by atomic mass is 32.1. The molecule has 0 amide bonds. The number of hydrogen-bond donors (Lipinski definition) is 2. The maximum Gasteiger partial charge on any atom is 0.174 e. The molecule has 3 heterocycles. The van der Waals surface area contributed by atoms with Crippen molar-refractivity contribution in [2.75, 3.05) is 4.90 Å². The number of phenolic OH excluding ortho intramolecular Hbond substituents is 1. The van der Waals surface area contributed by atoms with E-state index in [9.17, 15) is 5.11 Å². The molecule has 2 atom stereocenters. The second-order valence-electron chi connectivity index (χ2n) is 8.06. The summed E-state index contributed by atoms with van der Waals surface area (Å²) in [5.74, 6) is 0.188. The second-order valence-corrected chi connectivity index (χ2v) is 8.44. The molecule has 160 valence electrons. The molecular formula is C26H24N4OS. The maximum absolute atomic E-state index is 10.7. The third-order valence-electron chi connectivity index (χ3n) is 6.09. The minimum atomic E-state index is -0.206. The van der Waals surface area contributed by atoms with Gasteiger partial charge < -0.3 is 19.9 Å². The Bertz CT molecular complexity index is 1280.